The van der Waals surface area contributed by atoms with Crippen molar-refractivity contribution in [1.82, 2.24) is 10.2 Å². The van der Waals surface area contributed by atoms with E-state index in [2.05, 4.69) is 57.5 Å². The van der Waals surface area contributed by atoms with Gasteiger partial charge < -0.3 is 5.32 Å². The van der Waals surface area contributed by atoms with Gasteiger partial charge in [0.05, 0.1) is 0 Å². The van der Waals surface area contributed by atoms with Crippen LogP contribution in [0.3, 0.4) is 0 Å². The van der Waals surface area contributed by atoms with E-state index in [4.69, 9.17) is 0 Å². The molecule has 0 aliphatic carbocycles. The third-order valence-corrected chi connectivity index (χ3v) is 3.20. The number of nitrogens with one attached hydrogen (secondary N) is 1. The third kappa shape index (κ3) is 2.35. The molecule has 1 fully saturated rings. The first-order valence-corrected chi connectivity index (χ1v) is 5.70. The zero-order valence-corrected chi connectivity index (χ0v) is 9.92. The second kappa shape index (κ2) is 4.43. The van der Waals surface area contributed by atoms with Crippen molar-refractivity contribution >= 4 is 15.9 Å². The van der Waals surface area contributed by atoms with Crippen molar-refractivity contribution in [2.24, 2.45) is 0 Å². The largest absolute Gasteiger partial charge is 0.314 e. The molecule has 14 heavy (non-hydrogen) atoms. The van der Waals surface area contributed by atoms with Crippen molar-refractivity contribution in [3.63, 3.8) is 0 Å². The van der Waals surface area contributed by atoms with Gasteiger partial charge in [0.2, 0.25) is 0 Å². The average molecular weight is 255 g/mol. The first-order chi connectivity index (χ1) is 6.75. The highest BCUT2D eigenvalue weighted by Gasteiger charge is 2.20. The minimum atomic E-state index is 0.717. The fourth-order valence-electron chi connectivity index (χ4n) is 1.64. The Morgan fingerprint density at radius 3 is 2.86 bits per heavy atom. The van der Waals surface area contributed by atoms with Gasteiger partial charge in [-0.05, 0) is 24.7 Å². The zero-order chi connectivity index (χ0) is 9.97. The van der Waals surface area contributed by atoms with Crippen LogP contribution < -0.4 is 5.32 Å². The van der Waals surface area contributed by atoms with Gasteiger partial charge in [-0.3, -0.25) is 4.90 Å². The standard InChI is InChI=1S/C11H15BrN2/c1-14(11-6-13-7-11)8-9-3-2-4-10(12)5-9/h2-5,11,13H,6-8H2,1H3. The monoisotopic (exact) mass is 254 g/mol. The van der Waals surface area contributed by atoms with E-state index in [1.54, 1.807) is 0 Å². The summed E-state index contributed by atoms with van der Waals surface area (Å²) in [6.07, 6.45) is 0. The molecule has 1 aliphatic heterocycles. The molecule has 1 aromatic rings. The summed E-state index contributed by atoms with van der Waals surface area (Å²) in [6.45, 7) is 3.29. The molecule has 1 N–H and O–H groups in total. The predicted octanol–water partition coefficient (Wildman–Crippen LogP) is 1.85. The fraction of sp³-hybridized carbons (Fsp3) is 0.455. The Hall–Kier alpha value is -0.380. The van der Waals surface area contributed by atoms with Gasteiger partial charge in [0.1, 0.15) is 0 Å². The van der Waals surface area contributed by atoms with E-state index < -0.39 is 0 Å². The van der Waals surface area contributed by atoms with E-state index in [0.29, 0.717) is 6.04 Å². The molecule has 1 aromatic carbocycles. The Kier molecular flexibility index (Phi) is 3.21. The van der Waals surface area contributed by atoms with Gasteiger partial charge in [-0.25, -0.2) is 0 Å². The highest BCUT2D eigenvalue weighted by atomic mass is 79.9. The van der Waals surface area contributed by atoms with Gasteiger partial charge in [0.25, 0.3) is 0 Å². The molecular formula is C11H15BrN2. The van der Waals surface area contributed by atoms with Crippen LogP contribution in [0.4, 0.5) is 0 Å². The molecule has 2 rings (SSSR count). The summed E-state index contributed by atoms with van der Waals surface area (Å²) < 4.78 is 1.16. The van der Waals surface area contributed by atoms with Gasteiger partial charge in [-0.2, -0.15) is 0 Å². The fourth-order valence-corrected chi connectivity index (χ4v) is 2.08. The lowest BCUT2D eigenvalue weighted by molar-refractivity contribution is 0.173. The molecule has 0 bridgehead atoms. The summed E-state index contributed by atoms with van der Waals surface area (Å²) in [7, 11) is 2.19. The van der Waals surface area contributed by atoms with E-state index in [9.17, 15) is 0 Å². The molecule has 1 saturated heterocycles. The summed E-state index contributed by atoms with van der Waals surface area (Å²) in [4.78, 5) is 2.40. The normalized spacial score (nSPS) is 17.1. The number of hydrogen-bond donors (Lipinski definition) is 1. The molecule has 1 aliphatic rings. The Morgan fingerprint density at radius 1 is 1.50 bits per heavy atom. The van der Waals surface area contributed by atoms with Crippen LogP contribution in [0, 0.1) is 0 Å². The number of hydrogen-bond acceptors (Lipinski definition) is 2. The predicted molar refractivity (Wildman–Crippen MR) is 62.3 cm³/mol. The first-order valence-electron chi connectivity index (χ1n) is 4.91. The van der Waals surface area contributed by atoms with Crippen molar-refractivity contribution in [2.45, 2.75) is 12.6 Å². The third-order valence-electron chi connectivity index (χ3n) is 2.70. The minimum absolute atomic E-state index is 0.717. The molecule has 2 nitrogen and oxygen atoms in total. The van der Waals surface area contributed by atoms with E-state index in [1.165, 1.54) is 5.56 Å². The van der Waals surface area contributed by atoms with Crippen molar-refractivity contribution in [3.05, 3.63) is 34.3 Å². The summed E-state index contributed by atoms with van der Waals surface area (Å²) in [5, 5.41) is 3.29. The zero-order valence-electron chi connectivity index (χ0n) is 8.33. The molecule has 0 aromatic heterocycles. The summed E-state index contributed by atoms with van der Waals surface area (Å²) in [6, 6.07) is 9.23. The molecule has 0 atom stereocenters. The highest BCUT2D eigenvalue weighted by molar-refractivity contribution is 9.10. The SMILES string of the molecule is CN(Cc1cccc(Br)c1)C1CNC1. The Labute approximate surface area is 93.4 Å². The molecule has 0 spiro atoms. The van der Waals surface area contributed by atoms with Crippen LogP contribution in [0.25, 0.3) is 0 Å². The van der Waals surface area contributed by atoms with Crippen LogP contribution in [-0.2, 0) is 6.54 Å². The second-order valence-corrected chi connectivity index (χ2v) is 4.77. The summed E-state index contributed by atoms with van der Waals surface area (Å²) in [5.74, 6) is 0. The van der Waals surface area contributed by atoms with Crippen molar-refractivity contribution in [1.29, 1.82) is 0 Å². The van der Waals surface area contributed by atoms with Crippen LogP contribution in [0.5, 0.6) is 0 Å². The average Bonchev–Trinajstić information content (AvgIpc) is 1.99. The molecule has 0 saturated carbocycles. The number of nitrogens with zero attached hydrogens (tertiary/aromatic N) is 1. The van der Waals surface area contributed by atoms with Crippen molar-refractivity contribution in [2.75, 3.05) is 20.1 Å². The number of rotatable bonds is 3. The summed E-state index contributed by atoms with van der Waals surface area (Å²) >= 11 is 3.49. The minimum Gasteiger partial charge on any atom is -0.314 e. The molecule has 0 unspecified atom stereocenters. The topological polar surface area (TPSA) is 15.3 Å². The maximum atomic E-state index is 3.49. The van der Waals surface area contributed by atoms with Crippen LogP contribution in [-0.4, -0.2) is 31.1 Å². The van der Waals surface area contributed by atoms with E-state index >= 15 is 0 Å². The lowest BCUT2D eigenvalue weighted by atomic mass is 10.1. The molecule has 0 amide bonds. The van der Waals surface area contributed by atoms with E-state index in [-0.39, 0.29) is 0 Å². The first kappa shape index (κ1) is 10.1. The van der Waals surface area contributed by atoms with E-state index in [0.717, 1.165) is 24.1 Å². The van der Waals surface area contributed by atoms with Gasteiger partial charge >= 0.3 is 0 Å². The van der Waals surface area contributed by atoms with Crippen LogP contribution in [0.15, 0.2) is 28.7 Å². The lowest BCUT2D eigenvalue weighted by Crippen LogP contribution is -2.55. The summed E-state index contributed by atoms with van der Waals surface area (Å²) in [5.41, 5.74) is 1.37. The molecule has 1 heterocycles. The maximum Gasteiger partial charge on any atom is 0.0345 e. The molecular weight excluding hydrogens is 240 g/mol. The number of halogens is 1. The Balaban J connectivity index is 1.95. The van der Waals surface area contributed by atoms with Gasteiger partial charge in [0, 0.05) is 30.1 Å². The smallest absolute Gasteiger partial charge is 0.0345 e. The lowest BCUT2D eigenvalue weighted by Gasteiger charge is -2.35. The van der Waals surface area contributed by atoms with Crippen LogP contribution >= 0.6 is 15.9 Å². The van der Waals surface area contributed by atoms with Crippen molar-refractivity contribution < 1.29 is 0 Å². The van der Waals surface area contributed by atoms with E-state index in [1.807, 2.05) is 0 Å². The Bertz CT molecular complexity index is 310. The van der Waals surface area contributed by atoms with Gasteiger partial charge in [0.15, 0.2) is 0 Å². The highest BCUT2D eigenvalue weighted by Crippen LogP contribution is 2.14. The van der Waals surface area contributed by atoms with Crippen LogP contribution in [0.2, 0.25) is 0 Å². The second-order valence-electron chi connectivity index (χ2n) is 3.86. The molecule has 0 radical (unpaired) electrons. The molecule has 76 valence electrons. The van der Waals surface area contributed by atoms with Crippen molar-refractivity contribution in [3.8, 4) is 0 Å². The maximum absolute atomic E-state index is 3.49. The van der Waals surface area contributed by atoms with Crippen LogP contribution in [0.1, 0.15) is 5.56 Å². The quantitative estimate of drug-likeness (QED) is 0.886. The van der Waals surface area contributed by atoms with Gasteiger partial charge in [-0.1, -0.05) is 28.1 Å². The number of likely N-dealkylation sites (N-methyl/N-ethyl adjacent to an activating group) is 1. The number of benzene rings is 1. The Morgan fingerprint density at radius 2 is 2.29 bits per heavy atom. The van der Waals surface area contributed by atoms with Gasteiger partial charge in [-0.15, -0.1) is 0 Å². The molecule has 3 heteroatoms.